The maximum Gasteiger partial charge on any atom is 0.0613 e. The standard InChI is InChI=1S/C14H30N2O/c1-5-14(11-17,15-4)7-6-8-16-9-12(2)13(3)10-16/h12-13,15,17H,5-11H2,1-4H3. The molecule has 1 heterocycles. The van der Waals surface area contributed by atoms with Crippen molar-refractivity contribution in [2.75, 3.05) is 33.3 Å². The molecule has 1 rings (SSSR count). The Bertz CT molecular complexity index is 198. The van der Waals surface area contributed by atoms with E-state index in [1.54, 1.807) is 0 Å². The smallest absolute Gasteiger partial charge is 0.0613 e. The zero-order valence-electron chi connectivity index (χ0n) is 12.0. The second kappa shape index (κ2) is 6.72. The summed E-state index contributed by atoms with van der Waals surface area (Å²) in [6.07, 6.45) is 3.23. The van der Waals surface area contributed by atoms with Crippen LogP contribution in [0.1, 0.15) is 40.0 Å². The van der Waals surface area contributed by atoms with Gasteiger partial charge in [0, 0.05) is 18.6 Å². The van der Waals surface area contributed by atoms with Crippen molar-refractivity contribution in [3.8, 4) is 0 Å². The second-order valence-corrected chi connectivity index (χ2v) is 5.86. The Hall–Kier alpha value is -0.120. The molecule has 1 aliphatic heterocycles. The third-order valence-electron chi connectivity index (χ3n) is 4.70. The van der Waals surface area contributed by atoms with Gasteiger partial charge in [0.25, 0.3) is 0 Å². The van der Waals surface area contributed by atoms with Crippen LogP contribution in [0.4, 0.5) is 0 Å². The number of likely N-dealkylation sites (N-methyl/N-ethyl adjacent to an activating group) is 1. The average molecular weight is 242 g/mol. The summed E-state index contributed by atoms with van der Waals surface area (Å²) in [5, 5.41) is 12.8. The molecule has 0 aliphatic carbocycles. The van der Waals surface area contributed by atoms with Crippen LogP contribution < -0.4 is 5.32 Å². The van der Waals surface area contributed by atoms with Crippen LogP contribution in [0.2, 0.25) is 0 Å². The molecule has 3 heteroatoms. The van der Waals surface area contributed by atoms with Crippen LogP contribution in [0, 0.1) is 11.8 Å². The third-order valence-corrected chi connectivity index (χ3v) is 4.70. The molecule has 1 saturated heterocycles. The van der Waals surface area contributed by atoms with Gasteiger partial charge in [-0.25, -0.2) is 0 Å². The molecule has 3 nitrogen and oxygen atoms in total. The van der Waals surface area contributed by atoms with Crippen molar-refractivity contribution >= 4 is 0 Å². The molecule has 0 saturated carbocycles. The summed E-state index contributed by atoms with van der Waals surface area (Å²) in [7, 11) is 1.96. The maximum absolute atomic E-state index is 9.48. The van der Waals surface area contributed by atoms with Crippen LogP contribution in [0.25, 0.3) is 0 Å². The zero-order chi connectivity index (χ0) is 12.9. The molecule has 1 fully saturated rings. The highest BCUT2D eigenvalue weighted by Crippen LogP contribution is 2.23. The van der Waals surface area contributed by atoms with Crippen LogP contribution in [-0.4, -0.2) is 48.8 Å². The van der Waals surface area contributed by atoms with Gasteiger partial charge in [-0.05, 0) is 44.7 Å². The number of hydrogen-bond acceptors (Lipinski definition) is 3. The van der Waals surface area contributed by atoms with Gasteiger partial charge in [-0.3, -0.25) is 0 Å². The number of likely N-dealkylation sites (tertiary alicyclic amines) is 1. The zero-order valence-corrected chi connectivity index (χ0v) is 12.0. The van der Waals surface area contributed by atoms with Gasteiger partial charge in [0.05, 0.1) is 6.61 Å². The van der Waals surface area contributed by atoms with Gasteiger partial charge in [-0.15, -0.1) is 0 Å². The van der Waals surface area contributed by atoms with E-state index in [0.29, 0.717) is 0 Å². The summed E-state index contributed by atoms with van der Waals surface area (Å²) >= 11 is 0. The second-order valence-electron chi connectivity index (χ2n) is 5.86. The lowest BCUT2D eigenvalue weighted by atomic mass is 9.91. The fraction of sp³-hybridized carbons (Fsp3) is 1.00. The monoisotopic (exact) mass is 242 g/mol. The number of hydrogen-bond donors (Lipinski definition) is 2. The van der Waals surface area contributed by atoms with Gasteiger partial charge < -0.3 is 15.3 Å². The average Bonchev–Trinajstić information content (AvgIpc) is 2.65. The minimum Gasteiger partial charge on any atom is -0.394 e. The molecule has 3 atom stereocenters. The Morgan fingerprint density at radius 3 is 2.29 bits per heavy atom. The number of aliphatic hydroxyl groups is 1. The highest BCUT2D eigenvalue weighted by atomic mass is 16.3. The van der Waals surface area contributed by atoms with E-state index in [1.807, 2.05) is 7.05 Å². The van der Waals surface area contributed by atoms with Crippen molar-refractivity contribution in [2.45, 2.75) is 45.6 Å². The third kappa shape index (κ3) is 3.94. The first kappa shape index (κ1) is 14.9. The molecule has 0 amide bonds. The molecule has 0 aromatic rings. The Morgan fingerprint density at radius 1 is 1.29 bits per heavy atom. The van der Waals surface area contributed by atoms with Crippen LogP contribution in [-0.2, 0) is 0 Å². The molecule has 0 bridgehead atoms. The van der Waals surface area contributed by atoms with Gasteiger partial charge in [-0.1, -0.05) is 20.8 Å². The molecule has 2 N–H and O–H groups in total. The minimum absolute atomic E-state index is 0.0586. The maximum atomic E-state index is 9.48. The predicted molar refractivity (Wildman–Crippen MR) is 73.2 cm³/mol. The van der Waals surface area contributed by atoms with E-state index in [0.717, 1.165) is 24.7 Å². The fourth-order valence-corrected chi connectivity index (χ4v) is 2.82. The molecular weight excluding hydrogens is 212 g/mol. The first-order chi connectivity index (χ1) is 8.06. The van der Waals surface area contributed by atoms with E-state index >= 15 is 0 Å². The lowest BCUT2D eigenvalue weighted by molar-refractivity contribution is 0.147. The summed E-state index contributed by atoms with van der Waals surface area (Å²) in [6.45, 7) is 10.8. The first-order valence-electron chi connectivity index (χ1n) is 7.09. The van der Waals surface area contributed by atoms with Gasteiger partial charge in [-0.2, -0.15) is 0 Å². The molecule has 0 aromatic carbocycles. The van der Waals surface area contributed by atoms with E-state index in [-0.39, 0.29) is 12.1 Å². The number of aliphatic hydroxyl groups excluding tert-OH is 1. The Labute approximate surface area is 107 Å². The van der Waals surface area contributed by atoms with E-state index in [1.165, 1.54) is 26.1 Å². The minimum atomic E-state index is -0.0586. The van der Waals surface area contributed by atoms with Gasteiger partial charge in [0.1, 0.15) is 0 Å². The van der Waals surface area contributed by atoms with E-state index in [2.05, 4.69) is 31.0 Å². The van der Waals surface area contributed by atoms with E-state index < -0.39 is 0 Å². The highest BCUT2D eigenvalue weighted by Gasteiger charge is 2.28. The first-order valence-corrected chi connectivity index (χ1v) is 7.09. The van der Waals surface area contributed by atoms with Crippen molar-refractivity contribution in [1.29, 1.82) is 0 Å². The molecule has 1 aliphatic rings. The van der Waals surface area contributed by atoms with Crippen molar-refractivity contribution in [1.82, 2.24) is 10.2 Å². The van der Waals surface area contributed by atoms with E-state index in [4.69, 9.17) is 0 Å². The Morgan fingerprint density at radius 2 is 1.88 bits per heavy atom. The summed E-state index contributed by atoms with van der Waals surface area (Å²) < 4.78 is 0. The molecule has 0 spiro atoms. The number of rotatable bonds is 7. The number of nitrogens with zero attached hydrogens (tertiary/aromatic N) is 1. The molecule has 0 aromatic heterocycles. The lowest BCUT2D eigenvalue weighted by Crippen LogP contribution is -2.46. The molecular formula is C14H30N2O. The van der Waals surface area contributed by atoms with Crippen LogP contribution in [0.5, 0.6) is 0 Å². The van der Waals surface area contributed by atoms with Gasteiger partial charge >= 0.3 is 0 Å². The van der Waals surface area contributed by atoms with Gasteiger partial charge in [0.15, 0.2) is 0 Å². The summed E-state index contributed by atoms with van der Waals surface area (Å²) in [4.78, 5) is 2.57. The molecule has 0 radical (unpaired) electrons. The highest BCUT2D eigenvalue weighted by molar-refractivity contribution is 4.85. The number of nitrogens with one attached hydrogen (secondary N) is 1. The largest absolute Gasteiger partial charge is 0.394 e. The molecule has 17 heavy (non-hydrogen) atoms. The molecule has 3 unspecified atom stereocenters. The summed E-state index contributed by atoms with van der Waals surface area (Å²) in [5.41, 5.74) is -0.0586. The quantitative estimate of drug-likeness (QED) is 0.713. The van der Waals surface area contributed by atoms with E-state index in [9.17, 15) is 5.11 Å². The van der Waals surface area contributed by atoms with Crippen molar-refractivity contribution in [2.24, 2.45) is 11.8 Å². The fourth-order valence-electron chi connectivity index (χ4n) is 2.82. The van der Waals surface area contributed by atoms with Crippen molar-refractivity contribution < 1.29 is 5.11 Å². The van der Waals surface area contributed by atoms with Crippen molar-refractivity contribution in [3.63, 3.8) is 0 Å². The normalized spacial score (nSPS) is 29.5. The van der Waals surface area contributed by atoms with Crippen molar-refractivity contribution in [3.05, 3.63) is 0 Å². The predicted octanol–water partition coefficient (Wildman–Crippen LogP) is 1.71. The van der Waals surface area contributed by atoms with Crippen LogP contribution >= 0.6 is 0 Å². The van der Waals surface area contributed by atoms with Crippen LogP contribution in [0.15, 0.2) is 0 Å². The summed E-state index contributed by atoms with van der Waals surface area (Å²) in [5.74, 6) is 1.68. The summed E-state index contributed by atoms with van der Waals surface area (Å²) in [6, 6.07) is 0. The molecule has 102 valence electrons. The lowest BCUT2D eigenvalue weighted by Gasteiger charge is -2.31. The Balaban J connectivity index is 2.27. The Kier molecular flexibility index (Phi) is 5.90. The van der Waals surface area contributed by atoms with Gasteiger partial charge in [0.2, 0.25) is 0 Å². The SMILES string of the molecule is CCC(CO)(CCCN1CC(C)C(C)C1)NC. The topological polar surface area (TPSA) is 35.5 Å². The van der Waals surface area contributed by atoms with Crippen LogP contribution in [0.3, 0.4) is 0 Å².